The van der Waals surface area contributed by atoms with Crippen LogP contribution in [0.4, 0.5) is 0 Å². The summed E-state index contributed by atoms with van der Waals surface area (Å²) in [6.07, 6.45) is 2.11. The van der Waals surface area contributed by atoms with Gasteiger partial charge in [0.15, 0.2) is 0 Å². The number of amides is 1. The quantitative estimate of drug-likeness (QED) is 0.841. The molecule has 0 aliphatic carbocycles. The van der Waals surface area contributed by atoms with Crippen molar-refractivity contribution in [3.63, 3.8) is 0 Å². The Morgan fingerprint density at radius 2 is 2.41 bits per heavy atom. The number of rotatable bonds is 2. The summed E-state index contributed by atoms with van der Waals surface area (Å²) in [5.41, 5.74) is 0.980. The third kappa shape index (κ3) is 2.86. The first kappa shape index (κ1) is 12.1. The van der Waals surface area contributed by atoms with E-state index in [0.29, 0.717) is 13.0 Å². The van der Waals surface area contributed by atoms with Gasteiger partial charge < -0.3 is 4.90 Å². The van der Waals surface area contributed by atoms with Gasteiger partial charge in [-0.2, -0.15) is 5.26 Å². The van der Waals surface area contributed by atoms with Crippen molar-refractivity contribution in [1.82, 2.24) is 4.90 Å². The third-order valence-corrected chi connectivity index (χ3v) is 3.46. The number of carbonyl (C=O) groups is 1. The standard InChI is InChI=1S/C13H13BrN2O/c14-11-4-1-3-10(7-11)8-13(17)16-6-2-5-12(16)9-15/h1,3-4,7,12H,2,5-6,8H2. The predicted molar refractivity (Wildman–Crippen MR) is 68.2 cm³/mol. The first-order valence-electron chi connectivity index (χ1n) is 5.64. The van der Waals surface area contributed by atoms with Gasteiger partial charge in [-0.05, 0) is 30.5 Å². The summed E-state index contributed by atoms with van der Waals surface area (Å²) in [5.74, 6) is 0.0483. The van der Waals surface area contributed by atoms with Crippen LogP contribution in [-0.2, 0) is 11.2 Å². The van der Waals surface area contributed by atoms with E-state index in [-0.39, 0.29) is 11.9 Å². The van der Waals surface area contributed by atoms with Gasteiger partial charge in [-0.1, -0.05) is 28.1 Å². The molecule has 1 unspecified atom stereocenters. The average Bonchev–Trinajstić information content (AvgIpc) is 2.77. The molecule has 0 bridgehead atoms. The van der Waals surface area contributed by atoms with E-state index in [2.05, 4.69) is 22.0 Å². The molecule has 17 heavy (non-hydrogen) atoms. The van der Waals surface area contributed by atoms with Crippen molar-refractivity contribution < 1.29 is 4.79 Å². The zero-order valence-electron chi connectivity index (χ0n) is 9.40. The molecule has 88 valence electrons. The maximum Gasteiger partial charge on any atom is 0.228 e. The van der Waals surface area contributed by atoms with Crippen molar-refractivity contribution in [2.24, 2.45) is 0 Å². The van der Waals surface area contributed by atoms with Gasteiger partial charge in [0.2, 0.25) is 5.91 Å². The van der Waals surface area contributed by atoms with Crippen LogP contribution in [0.5, 0.6) is 0 Å². The summed E-state index contributed by atoms with van der Waals surface area (Å²) >= 11 is 3.38. The molecule has 1 aromatic carbocycles. The second kappa shape index (κ2) is 5.33. The zero-order chi connectivity index (χ0) is 12.3. The fourth-order valence-corrected chi connectivity index (χ4v) is 2.57. The van der Waals surface area contributed by atoms with Crippen LogP contribution >= 0.6 is 15.9 Å². The Morgan fingerprint density at radius 1 is 1.59 bits per heavy atom. The van der Waals surface area contributed by atoms with Crippen molar-refractivity contribution in [2.75, 3.05) is 6.54 Å². The topological polar surface area (TPSA) is 44.1 Å². The smallest absolute Gasteiger partial charge is 0.228 e. The lowest BCUT2D eigenvalue weighted by atomic mass is 10.1. The molecule has 1 atom stereocenters. The first-order chi connectivity index (χ1) is 8.20. The fraction of sp³-hybridized carbons (Fsp3) is 0.385. The lowest BCUT2D eigenvalue weighted by Crippen LogP contribution is -2.35. The first-order valence-corrected chi connectivity index (χ1v) is 6.43. The Morgan fingerprint density at radius 3 is 3.12 bits per heavy atom. The molecule has 4 heteroatoms. The Kier molecular flexibility index (Phi) is 3.80. The van der Waals surface area contributed by atoms with Crippen molar-refractivity contribution in [3.8, 4) is 6.07 Å². The second-order valence-electron chi connectivity index (χ2n) is 4.18. The van der Waals surface area contributed by atoms with Crippen molar-refractivity contribution in [1.29, 1.82) is 5.26 Å². The predicted octanol–water partition coefficient (Wildman–Crippen LogP) is 2.51. The van der Waals surface area contributed by atoms with Crippen LogP contribution in [0.1, 0.15) is 18.4 Å². The number of hydrogen-bond donors (Lipinski definition) is 0. The van der Waals surface area contributed by atoms with Gasteiger partial charge in [0.05, 0.1) is 12.5 Å². The molecule has 1 saturated heterocycles. The van der Waals surface area contributed by atoms with Gasteiger partial charge in [0, 0.05) is 11.0 Å². The van der Waals surface area contributed by atoms with Gasteiger partial charge in [-0.25, -0.2) is 0 Å². The Labute approximate surface area is 109 Å². The van der Waals surface area contributed by atoms with Gasteiger partial charge in [0.25, 0.3) is 0 Å². The van der Waals surface area contributed by atoms with Crippen LogP contribution in [0.25, 0.3) is 0 Å². The van der Waals surface area contributed by atoms with Gasteiger partial charge >= 0.3 is 0 Å². The lowest BCUT2D eigenvalue weighted by Gasteiger charge is -2.19. The average molecular weight is 293 g/mol. The molecule has 0 radical (unpaired) electrons. The molecule has 0 N–H and O–H groups in total. The molecule has 1 aliphatic rings. The lowest BCUT2D eigenvalue weighted by molar-refractivity contribution is -0.130. The van der Waals surface area contributed by atoms with Crippen LogP contribution in [0.2, 0.25) is 0 Å². The number of benzene rings is 1. The monoisotopic (exact) mass is 292 g/mol. The highest BCUT2D eigenvalue weighted by Crippen LogP contribution is 2.19. The third-order valence-electron chi connectivity index (χ3n) is 2.97. The molecule has 1 aromatic rings. The number of nitriles is 1. The maximum atomic E-state index is 12.1. The molecule has 1 fully saturated rings. The van der Waals surface area contributed by atoms with Crippen LogP contribution in [0, 0.1) is 11.3 Å². The van der Waals surface area contributed by atoms with Crippen LogP contribution in [0.15, 0.2) is 28.7 Å². The Bertz CT molecular complexity index is 467. The van der Waals surface area contributed by atoms with Crippen LogP contribution in [0.3, 0.4) is 0 Å². The summed E-state index contributed by atoms with van der Waals surface area (Å²) in [5, 5.41) is 8.94. The van der Waals surface area contributed by atoms with E-state index in [1.165, 1.54) is 0 Å². The maximum absolute atomic E-state index is 12.1. The van der Waals surface area contributed by atoms with Crippen LogP contribution in [-0.4, -0.2) is 23.4 Å². The molecule has 3 nitrogen and oxygen atoms in total. The normalized spacial score (nSPS) is 19.1. The van der Waals surface area contributed by atoms with E-state index in [1.54, 1.807) is 4.90 Å². The van der Waals surface area contributed by atoms with E-state index in [1.807, 2.05) is 24.3 Å². The minimum absolute atomic E-state index is 0.0483. The number of carbonyl (C=O) groups excluding carboxylic acids is 1. The summed E-state index contributed by atoms with van der Waals surface area (Å²) in [6, 6.07) is 9.68. The Balaban J connectivity index is 2.04. The molecular weight excluding hydrogens is 280 g/mol. The summed E-state index contributed by atoms with van der Waals surface area (Å²) < 4.78 is 0.973. The summed E-state index contributed by atoms with van der Waals surface area (Å²) in [7, 11) is 0. The number of nitrogens with zero attached hydrogens (tertiary/aromatic N) is 2. The highest BCUT2D eigenvalue weighted by molar-refractivity contribution is 9.10. The highest BCUT2D eigenvalue weighted by atomic mass is 79.9. The molecule has 0 saturated carbocycles. The summed E-state index contributed by atoms with van der Waals surface area (Å²) in [6.45, 7) is 0.713. The largest absolute Gasteiger partial charge is 0.326 e. The van der Waals surface area contributed by atoms with Gasteiger partial charge in [-0.3, -0.25) is 4.79 Å². The number of halogens is 1. The molecule has 1 aliphatic heterocycles. The SMILES string of the molecule is N#CC1CCCN1C(=O)Cc1cccc(Br)c1. The second-order valence-corrected chi connectivity index (χ2v) is 5.10. The van der Waals surface area contributed by atoms with Crippen molar-refractivity contribution in [2.45, 2.75) is 25.3 Å². The van der Waals surface area contributed by atoms with E-state index >= 15 is 0 Å². The molecule has 1 heterocycles. The highest BCUT2D eigenvalue weighted by Gasteiger charge is 2.28. The molecule has 1 amide bonds. The molecule has 2 rings (SSSR count). The van der Waals surface area contributed by atoms with Crippen molar-refractivity contribution >= 4 is 21.8 Å². The molecule has 0 aromatic heterocycles. The summed E-state index contributed by atoms with van der Waals surface area (Å²) in [4.78, 5) is 13.8. The molecule has 0 spiro atoms. The Hall–Kier alpha value is -1.34. The number of hydrogen-bond acceptors (Lipinski definition) is 2. The molecular formula is C13H13BrN2O. The van der Waals surface area contributed by atoms with Gasteiger partial charge in [-0.15, -0.1) is 0 Å². The minimum Gasteiger partial charge on any atom is -0.326 e. The minimum atomic E-state index is -0.227. The van der Waals surface area contributed by atoms with E-state index in [9.17, 15) is 4.79 Å². The van der Waals surface area contributed by atoms with E-state index in [4.69, 9.17) is 5.26 Å². The van der Waals surface area contributed by atoms with Gasteiger partial charge in [0.1, 0.15) is 6.04 Å². The van der Waals surface area contributed by atoms with E-state index < -0.39 is 0 Å². The number of likely N-dealkylation sites (tertiary alicyclic amines) is 1. The zero-order valence-corrected chi connectivity index (χ0v) is 11.0. The fourth-order valence-electron chi connectivity index (χ4n) is 2.12. The van der Waals surface area contributed by atoms with E-state index in [0.717, 1.165) is 22.9 Å². The van der Waals surface area contributed by atoms with Crippen LogP contribution < -0.4 is 0 Å². The van der Waals surface area contributed by atoms with Crippen molar-refractivity contribution in [3.05, 3.63) is 34.3 Å².